The molecule has 1 aliphatic heterocycles. The molecule has 19 heavy (non-hydrogen) atoms. The highest BCUT2D eigenvalue weighted by atomic mass is 35.5. The van der Waals surface area contributed by atoms with Crippen molar-refractivity contribution in [3.8, 4) is 17.3 Å². The Morgan fingerprint density at radius 1 is 1.32 bits per heavy atom. The van der Waals surface area contributed by atoms with Crippen LogP contribution in [0.5, 0.6) is 5.88 Å². The third-order valence-electron chi connectivity index (χ3n) is 3.09. The fourth-order valence-corrected chi connectivity index (χ4v) is 2.08. The maximum absolute atomic E-state index is 6.29. The average Bonchev–Trinajstić information content (AvgIpc) is 2.38. The summed E-state index contributed by atoms with van der Waals surface area (Å²) in [6.45, 7) is 3.70. The summed E-state index contributed by atoms with van der Waals surface area (Å²) in [5, 5.41) is 3.84. The lowest BCUT2D eigenvalue weighted by atomic mass is 10.1. The van der Waals surface area contributed by atoms with Gasteiger partial charge in [-0.15, -0.1) is 0 Å². The summed E-state index contributed by atoms with van der Waals surface area (Å²) < 4.78 is 5.73. The lowest BCUT2D eigenvalue weighted by molar-refractivity contribution is 0.136. The predicted octanol–water partition coefficient (Wildman–Crippen LogP) is 2.46. The maximum atomic E-state index is 6.29. The number of benzene rings is 1. The molecule has 0 unspecified atom stereocenters. The van der Waals surface area contributed by atoms with E-state index < -0.39 is 0 Å². The van der Waals surface area contributed by atoms with Crippen molar-refractivity contribution < 1.29 is 4.74 Å². The van der Waals surface area contributed by atoms with E-state index in [0.717, 1.165) is 24.2 Å². The van der Waals surface area contributed by atoms with E-state index in [1.54, 1.807) is 12.3 Å². The molecule has 98 valence electrons. The molecule has 1 aliphatic rings. The van der Waals surface area contributed by atoms with Crippen LogP contribution in [0.25, 0.3) is 11.4 Å². The molecular formula is C14H14ClN3O. The average molecular weight is 276 g/mol. The highest BCUT2D eigenvalue weighted by molar-refractivity contribution is 6.33. The SMILES string of the molecule is Cc1cccc(-c2nccc(OC3CNC3)n2)c1Cl. The zero-order valence-corrected chi connectivity index (χ0v) is 11.3. The molecule has 0 spiro atoms. The second kappa shape index (κ2) is 5.15. The first-order valence-corrected chi connectivity index (χ1v) is 6.58. The number of rotatable bonds is 3. The molecule has 4 nitrogen and oxygen atoms in total. The molecule has 3 rings (SSSR count). The number of nitrogens with one attached hydrogen (secondary N) is 1. The number of aromatic nitrogens is 2. The van der Waals surface area contributed by atoms with E-state index in [-0.39, 0.29) is 6.10 Å². The van der Waals surface area contributed by atoms with Crippen molar-refractivity contribution in [1.29, 1.82) is 0 Å². The first kappa shape index (κ1) is 12.4. The number of ether oxygens (including phenoxy) is 1. The number of hydrogen-bond acceptors (Lipinski definition) is 4. The molecule has 0 amide bonds. The van der Waals surface area contributed by atoms with Crippen molar-refractivity contribution in [2.24, 2.45) is 0 Å². The van der Waals surface area contributed by atoms with Crippen LogP contribution in [0.1, 0.15) is 5.56 Å². The van der Waals surface area contributed by atoms with Gasteiger partial charge in [-0.2, -0.15) is 4.98 Å². The van der Waals surface area contributed by atoms with Crippen molar-refractivity contribution in [3.05, 3.63) is 41.0 Å². The molecule has 0 bridgehead atoms. The standard InChI is InChI=1S/C14H14ClN3O/c1-9-3-2-4-11(13(9)15)14-17-6-5-12(18-14)19-10-7-16-8-10/h2-6,10,16H,7-8H2,1H3. The minimum atomic E-state index is 0.204. The molecule has 0 aliphatic carbocycles. The van der Waals surface area contributed by atoms with Crippen LogP contribution >= 0.6 is 11.6 Å². The van der Waals surface area contributed by atoms with Gasteiger partial charge in [0.25, 0.3) is 0 Å². The van der Waals surface area contributed by atoms with E-state index in [1.165, 1.54) is 0 Å². The van der Waals surface area contributed by atoms with Crippen LogP contribution in [0.2, 0.25) is 5.02 Å². The van der Waals surface area contributed by atoms with E-state index in [9.17, 15) is 0 Å². The Balaban J connectivity index is 1.91. The quantitative estimate of drug-likeness (QED) is 0.935. The van der Waals surface area contributed by atoms with Crippen LogP contribution in [-0.4, -0.2) is 29.2 Å². The molecule has 1 aromatic carbocycles. The van der Waals surface area contributed by atoms with Gasteiger partial charge in [0.2, 0.25) is 5.88 Å². The monoisotopic (exact) mass is 275 g/mol. The summed E-state index contributed by atoms with van der Waals surface area (Å²) in [6, 6.07) is 7.60. The first-order valence-electron chi connectivity index (χ1n) is 6.20. The summed E-state index contributed by atoms with van der Waals surface area (Å²) in [4.78, 5) is 8.69. The van der Waals surface area contributed by atoms with Gasteiger partial charge >= 0.3 is 0 Å². The zero-order chi connectivity index (χ0) is 13.2. The highest BCUT2D eigenvalue weighted by Crippen LogP contribution is 2.28. The molecule has 1 N–H and O–H groups in total. The summed E-state index contributed by atoms with van der Waals surface area (Å²) in [7, 11) is 0. The van der Waals surface area contributed by atoms with E-state index in [2.05, 4.69) is 15.3 Å². The first-order chi connectivity index (χ1) is 9.24. The van der Waals surface area contributed by atoms with Gasteiger partial charge in [0.15, 0.2) is 5.82 Å². The normalized spacial score (nSPS) is 15.1. The second-order valence-corrected chi connectivity index (χ2v) is 4.93. The summed E-state index contributed by atoms with van der Waals surface area (Å²) in [5.74, 6) is 1.19. The second-order valence-electron chi connectivity index (χ2n) is 4.55. The van der Waals surface area contributed by atoms with Crippen LogP contribution in [0.4, 0.5) is 0 Å². The van der Waals surface area contributed by atoms with Crippen molar-refractivity contribution in [3.63, 3.8) is 0 Å². The predicted molar refractivity (Wildman–Crippen MR) is 74.5 cm³/mol. The van der Waals surface area contributed by atoms with Crippen LogP contribution in [0.15, 0.2) is 30.5 Å². The number of hydrogen-bond donors (Lipinski definition) is 1. The Kier molecular flexibility index (Phi) is 3.36. The molecule has 2 heterocycles. The van der Waals surface area contributed by atoms with Gasteiger partial charge < -0.3 is 10.1 Å². The molecular weight excluding hydrogens is 262 g/mol. The molecule has 0 radical (unpaired) electrons. The lowest BCUT2D eigenvalue weighted by Crippen LogP contribution is -2.50. The van der Waals surface area contributed by atoms with Gasteiger partial charge in [-0.1, -0.05) is 23.7 Å². The Morgan fingerprint density at radius 2 is 2.16 bits per heavy atom. The largest absolute Gasteiger partial charge is 0.472 e. The third kappa shape index (κ3) is 2.55. The van der Waals surface area contributed by atoms with Gasteiger partial charge in [0, 0.05) is 30.9 Å². The van der Waals surface area contributed by atoms with Gasteiger partial charge in [-0.05, 0) is 18.6 Å². The van der Waals surface area contributed by atoms with Crippen molar-refractivity contribution >= 4 is 11.6 Å². The van der Waals surface area contributed by atoms with Gasteiger partial charge in [0.1, 0.15) is 6.10 Å². The smallest absolute Gasteiger partial charge is 0.217 e. The summed E-state index contributed by atoms with van der Waals surface area (Å²) >= 11 is 6.29. The van der Waals surface area contributed by atoms with Crippen LogP contribution in [-0.2, 0) is 0 Å². The highest BCUT2D eigenvalue weighted by Gasteiger charge is 2.19. The van der Waals surface area contributed by atoms with E-state index in [0.29, 0.717) is 16.7 Å². The molecule has 0 atom stereocenters. The molecule has 1 saturated heterocycles. The maximum Gasteiger partial charge on any atom is 0.217 e. The molecule has 2 aromatic rings. The summed E-state index contributed by atoms with van der Waals surface area (Å²) in [6.07, 6.45) is 1.90. The van der Waals surface area contributed by atoms with Crippen LogP contribution in [0, 0.1) is 6.92 Å². The van der Waals surface area contributed by atoms with E-state index >= 15 is 0 Å². The minimum absolute atomic E-state index is 0.204. The number of aryl methyl sites for hydroxylation is 1. The van der Waals surface area contributed by atoms with Gasteiger partial charge in [-0.25, -0.2) is 4.98 Å². The molecule has 5 heteroatoms. The van der Waals surface area contributed by atoms with E-state index in [4.69, 9.17) is 16.3 Å². The van der Waals surface area contributed by atoms with Gasteiger partial charge in [0.05, 0.1) is 5.02 Å². The third-order valence-corrected chi connectivity index (χ3v) is 3.60. The molecule has 1 fully saturated rings. The minimum Gasteiger partial charge on any atom is -0.472 e. The summed E-state index contributed by atoms with van der Waals surface area (Å²) in [5.41, 5.74) is 1.84. The Hall–Kier alpha value is -1.65. The van der Waals surface area contributed by atoms with Crippen LogP contribution in [0.3, 0.4) is 0 Å². The van der Waals surface area contributed by atoms with E-state index in [1.807, 2.05) is 25.1 Å². The van der Waals surface area contributed by atoms with Gasteiger partial charge in [-0.3, -0.25) is 0 Å². The molecule has 0 saturated carbocycles. The van der Waals surface area contributed by atoms with Crippen LogP contribution < -0.4 is 10.1 Å². The Bertz CT molecular complexity index is 599. The number of halogens is 1. The Labute approximate surface area is 116 Å². The van der Waals surface area contributed by atoms with Crippen molar-refractivity contribution in [2.75, 3.05) is 13.1 Å². The molecule has 1 aromatic heterocycles. The topological polar surface area (TPSA) is 47.0 Å². The lowest BCUT2D eigenvalue weighted by Gasteiger charge is -2.27. The van der Waals surface area contributed by atoms with Crippen molar-refractivity contribution in [2.45, 2.75) is 13.0 Å². The fourth-order valence-electron chi connectivity index (χ4n) is 1.87. The van der Waals surface area contributed by atoms with Crippen molar-refractivity contribution in [1.82, 2.24) is 15.3 Å². The number of nitrogens with zero attached hydrogens (tertiary/aromatic N) is 2. The Morgan fingerprint density at radius 3 is 2.89 bits per heavy atom. The zero-order valence-electron chi connectivity index (χ0n) is 10.6. The fraction of sp³-hybridized carbons (Fsp3) is 0.286.